The molecule has 0 aliphatic carbocycles. The van der Waals surface area contributed by atoms with Crippen molar-refractivity contribution in [2.75, 3.05) is 13.1 Å². The number of benzene rings is 1. The summed E-state index contributed by atoms with van der Waals surface area (Å²) in [4.78, 5) is 6.56. The van der Waals surface area contributed by atoms with Crippen molar-refractivity contribution in [1.82, 2.24) is 4.90 Å². The standard InChI is InChI=1S/C18H18N5Se/c19-10-14-16(21)22-17(24)15(11-20)18(14)6-8-23(9-7-18)12-13-4-2-1-3-5-13/h1-5,19H,6-9,12H2,(H2,21,22). The average Bonchev–Trinajstić information content (AvgIpc) is 2.58. The molecule has 2 aliphatic heterocycles. The summed E-state index contributed by atoms with van der Waals surface area (Å²) in [5, 5.41) is 17.3. The Labute approximate surface area is 149 Å². The monoisotopic (exact) mass is 384 g/mol. The van der Waals surface area contributed by atoms with Crippen LogP contribution in [0.25, 0.3) is 0 Å². The van der Waals surface area contributed by atoms with Crippen molar-refractivity contribution in [3.8, 4) is 6.07 Å². The van der Waals surface area contributed by atoms with Crippen molar-refractivity contribution in [1.29, 1.82) is 10.7 Å². The second-order valence-electron chi connectivity index (χ2n) is 6.13. The van der Waals surface area contributed by atoms with Gasteiger partial charge in [-0.1, -0.05) is 0 Å². The predicted molar refractivity (Wildman–Crippen MR) is 94.6 cm³/mol. The molecule has 5 nitrogen and oxygen atoms in total. The molecule has 1 aromatic rings. The first-order chi connectivity index (χ1) is 11.6. The number of hydrogen-bond donors (Lipinski definition) is 2. The van der Waals surface area contributed by atoms with Crippen LogP contribution in [0.5, 0.6) is 0 Å². The van der Waals surface area contributed by atoms with Gasteiger partial charge in [-0.25, -0.2) is 0 Å². The summed E-state index contributed by atoms with van der Waals surface area (Å²) in [6.45, 7) is 2.57. The number of nitrogens with two attached hydrogens (primary N) is 1. The van der Waals surface area contributed by atoms with Crippen LogP contribution in [0.4, 0.5) is 0 Å². The Morgan fingerprint density at radius 1 is 1.29 bits per heavy atom. The van der Waals surface area contributed by atoms with Gasteiger partial charge in [-0.15, -0.1) is 0 Å². The van der Waals surface area contributed by atoms with Gasteiger partial charge in [-0.2, -0.15) is 0 Å². The third-order valence-corrected chi connectivity index (χ3v) is 5.46. The van der Waals surface area contributed by atoms with E-state index in [1.54, 1.807) is 0 Å². The molecule has 1 fully saturated rings. The Morgan fingerprint density at radius 2 is 1.96 bits per heavy atom. The molecule has 1 aromatic carbocycles. The fraction of sp³-hybridized carbons (Fsp3) is 0.333. The molecule has 121 valence electrons. The molecule has 0 saturated carbocycles. The second-order valence-corrected chi connectivity index (χ2v) is 6.94. The zero-order chi connectivity index (χ0) is 17.2. The molecule has 3 N–H and O–H groups in total. The fourth-order valence-corrected chi connectivity index (χ4v) is 4.28. The van der Waals surface area contributed by atoms with Crippen LogP contribution < -0.4 is 5.73 Å². The number of aliphatic imine (C=N–C) groups is 1. The van der Waals surface area contributed by atoms with Gasteiger partial charge in [-0.05, 0) is 0 Å². The molecule has 2 aliphatic rings. The molecule has 6 heteroatoms. The van der Waals surface area contributed by atoms with Crippen LogP contribution >= 0.6 is 0 Å². The predicted octanol–water partition coefficient (Wildman–Crippen LogP) is 1.72. The van der Waals surface area contributed by atoms with Crippen LogP contribution in [0, 0.1) is 22.2 Å². The number of allylic oxidation sites excluding steroid dienone is 1. The number of hydrogen-bond acceptors (Lipinski definition) is 5. The van der Waals surface area contributed by atoms with Gasteiger partial charge in [0.1, 0.15) is 0 Å². The molecular weight excluding hydrogens is 365 g/mol. The molecule has 2 heterocycles. The molecule has 1 saturated heterocycles. The normalized spacial score (nSPS) is 20.5. The van der Waals surface area contributed by atoms with E-state index in [2.05, 4.69) is 50.0 Å². The van der Waals surface area contributed by atoms with Crippen LogP contribution in [0.1, 0.15) is 18.4 Å². The minimum atomic E-state index is -0.532. The number of rotatable bonds is 2. The summed E-state index contributed by atoms with van der Waals surface area (Å²) in [5.74, 6) is 2.76. The summed E-state index contributed by atoms with van der Waals surface area (Å²) in [6.07, 6.45) is 1.48. The van der Waals surface area contributed by atoms with Crippen molar-refractivity contribution >= 4 is 27.7 Å². The zero-order valence-corrected chi connectivity index (χ0v) is 15.0. The first kappa shape index (κ1) is 16.7. The minimum absolute atomic E-state index is 0.300. The number of amidine groups is 1. The molecule has 1 spiro atoms. The van der Waals surface area contributed by atoms with Crippen molar-refractivity contribution in [2.45, 2.75) is 19.4 Å². The second kappa shape index (κ2) is 6.76. The molecule has 0 bridgehead atoms. The van der Waals surface area contributed by atoms with E-state index in [0.717, 1.165) is 32.5 Å². The van der Waals surface area contributed by atoms with Gasteiger partial charge >= 0.3 is 150 Å². The Morgan fingerprint density at radius 3 is 2.54 bits per heavy atom. The van der Waals surface area contributed by atoms with Crippen LogP contribution in [-0.4, -0.2) is 45.7 Å². The van der Waals surface area contributed by atoms with Gasteiger partial charge in [0.2, 0.25) is 0 Å². The van der Waals surface area contributed by atoms with Crippen LogP contribution in [0.2, 0.25) is 0 Å². The van der Waals surface area contributed by atoms with E-state index in [-0.39, 0.29) is 0 Å². The maximum atomic E-state index is 9.63. The molecule has 0 atom stereocenters. The molecule has 0 amide bonds. The van der Waals surface area contributed by atoms with E-state index in [9.17, 15) is 5.26 Å². The van der Waals surface area contributed by atoms with Crippen molar-refractivity contribution in [2.24, 2.45) is 16.1 Å². The fourth-order valence-electron chi connectivity index (χ4n) is 3.57. The molecule has 3 rings (SSSR count). The molecule has 0 aromatic heterocycles. The Bertz CT molecular complexity index is 788. The topological polar surface area (TPSA) is 89.3 Å². The quantitative estimate of drug-likeness (QED) is 0.602. The summed E-state index contributed by atoms with van der Waals surface area (Å²) < 4.78 is 0.547. The molecular formula is C18H18N5Se. The van der Waals surface area contributed by atoms with E-state index in [1.807, 2.05) is 18.2 Å². The van der Waals surface area contributed by atoms with Gasteiger partial charge in [0.25, 0.3) is 0 Å². The SMILES string of the molecule is N#CC1=C([Se])N=C(N)C(=C=N)C12CCN(Cc1ccccc1)CC2. The van der Waals surface area contributed by atoms with E-state index >= 15 is 0 Å². The van der Waals surface area contributed by atoms with Crippen molar-refractivity contribution in [3.63, 3.8) is 0 Å². The number of likely N-dealkylation sites (tertiary alicyclic amines) is 1. The molecule has 24 heavy (non-hydrogen) atoms. The maximum absolute atomic E-state index is 9.63. The molecule has 1 radical (unpaired) electrons. The van der Waals surface area contributed by atoms with Gasteiger partial charge in [0, 0.05) is 0 Å². The number of nitriles is 1. The third-order valence-electron chi connectivity index (χ3n) is 4.84. The number of nitrogens with one attached hydrogen (secondary N) is 1. The average molecular weight is 383 g/mol. The summed E-state index contributed by atoms with van der Waals surface area (Å²) in [6, 6.07) is 12.6. The molecule has 0 unspecified atom stereocenters. The first-order valence-electron chi connectivity index (χ1n) is 7.83. The Balaban J connectivity index is 1.84. The number of piperidine rings is 1. The Hall–Kier alpha value is -2.15. The summed E-state index contributed by atoms with van der Waals surface area (Å²) >= 11 is 2.85. The van der Waals surface area contributed by atoms with E-state index < -0.39 is 5.41 Å². The summed E-state index contributed by atoms with van der Waals surface area (Å²) in [5.41, 5.74) is 7.90. The van der Waals surface area contributed by atoms with Crippen LogP contribution in [0.3, 0.4) is 0 Å². The van der Waals surface area contributed by atoms with E-state index in [4.69, 9.17) is 11.1 Å². The Kier molecular flexibility index (Phi) is 4.71. The van der Waals surface area contributed by atoms with Gasteiger partial charge in [-0.3, -0.25) is 0 Å². The summed E-state index contributed by atoms with van der Waals surface area (Å²) in [7, 11) is 0. The van der Waals surface area contributed by atoms with Crippen molar-refractivity contribution in [3.05, 3.63) is 51.6 Å². The van der Waals surface area contributed by atoms with Crippen LogP contribution in [-0.2, 0) is 6.54 Å². The van der Waals surface area contributed by atoms with Gasteiger partial charge in [0.05, 0.1) is 0 Å². The van der Waals surface area contributed by atoms with Gasteiger partial charge in [0.15, 0.2) is 0 Å². The van der Waals surface area contributed by atoms with Gasteiger partial charge < -0.3 is 0 Å². The first-order valence-corrected chi connectivity index (χ1v) is 8.69. The van der Waals surface area contributed by atoms with E-state index in [1.165, 1.54) is 5.56 Å². The zero-order valence-electron chi connectivity index (χ0n) is 13.2. The van der Waals surface area contributed by atoms with Crippen molar-refractivity contribution < 1.29 is 0 Å². The third kappa shape index (κ3) is 2.84. The number of nitrogens with zero attached hydrogens (tertiary/aromatic N) is 3. The van der Waals surface area contributed by atoms with Crippen LogP contribution in [0.15, 0.2) is 51.1 Å². The van der Waals surface area contributed by atoms with E-state index in [0.29, 0.717) is 21.6 Å².